The number of halogens is 5. The molecule has 2 aliphatic rings. The fourth-order valence-corrected chi connectivity index (χ4v) is 4.53. The standard InChI is InChI=1S/C21H23Cl2F3N4O/c22-16-4-2-1-3-15(16)13-28-9-11-29(12-10-28)17(31)7-8-30-19(14-5-6-14)18(23)20(27-30)21(24,25)26/h1-4,14H,5-13H2. The Hall–Kier alpha value is -1.77. The van der Waals surface area contributed by atoms with Gasteiger partial charge in [0, 0.05) is 50.1 Å². The first-order chi connectivity index (χ1) is 14.7. The van der Waals surface area contributed by atoms with Gasteiger partial charge in [0.1, 0.15) is 0 Å². The summed E-state index contributed by atoms with van der Waals surface area (Å²) in [5.74, 6) is -0.0844. The van der Waals surface area contributed by atoms with Gasteiger partial charge in [-0.15, -0.1) is 0 Å². The molecule has 0 bridgehead atoms. The second-order valence-electron chi connectivity index (χ2n) is 8.04. The molecule has 1 amide bonds. The molecule has 0 atom stereocenters. The molecule has 2 heterocycles. The summed E-state index contributed by atoms with van der Waals surface area (Å²) in [6, 6.07) is 7.68. The van der Waals surface area contributed by atoms with E-state index in [1.807, 2.05) is 24.3 Å². The molecule has 1 aliphatic heterocycles. The van der Waals surface area contributed by atoms with Crippen LogP contribution in [-0.2, 0) is 24.1 Å². The summed E-state index contributed by atoms with van der Waals surface area (Å²) in [5.41, 5.74) is 0.399. The Morgan fingerprint density at radius 2 is 1.77 bits per heavy atom. The third-order valence-electron chi connectivity index (χ3n) is 5.78. The number of benzene rings is 1. The van der Waals surface area contributed by atoms with E-state index in [4.69, 9.17) is 23.2 Å². The SMILES string of the molecule is O=C(CCn1nc(C(F)(F)F)c(Cl)c1C1CC1)N1CCN(Cc2ccccc2Cl)CC1. The molecule has 10 heteroatoms. The molecule has 1 aromatic heterocycles. The van der Waals surface area contributed by atoms with Crippen molar-refractivity contribution < 1.29 is 18.0 Å². The first kappa shape index (κ1) is 22.4. The Bertz CT molecular complexity index is 951. The first-order valence-electron chi connectivity index (χ1n) is 10.3. The molecule has 0 unspecified atom stereocenters. The van der Waals surface area contributed by atoms with Crippen LogP contribution in [0.1, 0.15) is 42.1 Å². The number of carbonyl (C=O) groups is 1. The van der Waals surface area contributed by atoms with Gasteiger partial charge in [0.25, 0.3) is 0 Å². The second kappa shape index (κ2) is 9.00. The molecule has 2 fully saturated rings. The first-order valence-corrected chi connectivity index (χ1v) is 11.1. The van der Waals surface area contributed by atoms with E-state index in [1.165, 1.54) is 4.68 Å². The molecule has 1 aliphatic carbocycles. The topological polar surface area (TPSA) is 41.4 Å². The monoisotopic (exact) mass is 474 g/mol. The molecule has 1 saturated carbocycles. The molecular weight excluding hydrogens is 452 g/mol. The van der Waals surface area contributed by atoms with Crippen LogP contribution in [0.4, 0.5) is 13.2 Å². The van der Waals surface area contributed by atoms with Crippen molar-refractivity contribution in [2.24, 2.45) is 0 Å². The number of carbonyl (C=O) groups excluding carboxylic acids is 1. The maximum atomic E-state index is 13.2. The van der Waals surface area contributed by atoms with Crippen LogP contribution in [0.15, 0.2) is 24.3 Å². The lowest BCUT2D eigenvalue weighted by molar-refractivity contribution is -0.141. The molecule has 0 N–H and O–H groups in total. The van der Waals surface area contributed by atoms with Crippen LogP contribution in [-0.4, -0.2) is 51.7 Å². The van der Waals surface area contributed by atoms with Crippen LogP contribution in [0, 0.1) is 0 Å². The van der Waals surface area contributed by atoms with Crippen molar-refractivity contribution in [1.29, 1.82) is 0 Å². The van der Waals surface area contributed by atoms with E-state index in [0.29, 0.717) is 18.8 Å². The number of rotatable bonds is 6. The number of alkyl halides is 3. The van der Waals surface area contributed by atoms with Gasteiger partial charge in [-0.3, -0.25) is 14.4 Å². The minimum atomic E-state index is -4.60. The number of hydrogen-bond donors (Lipinski definition) is 0. The quantitative estimate of drug-likeness (QED) is 0.602. The van der Waals surface area contributed by atoms with Crippen LogP contribution in [0.5, 0.6) is 0 Å². The highest BCUT2D eigenvalue weighted by atomic mass is 35.5. The summed E-state index contributed by atoms with van der Waals surface area (Å²) in [4.78, 5) is 16.7. The fraction of sp³-hybridized carbons (Fsp3) is 0.524. The Morgan fingerprint density at radius 1 is 1.10 bits per heavy atom. The maximum absolute atomic E-state index is 13.2. The van der Waals surface area contributed by atoms with Crippen molar-refractivity contribution in [3.05, 3.63) is 51.3 Å². The van der Waals surface area contributed by atoms with Crippen LogP contribution in [0.25, 0.3) is 0 Å². The van der Waals surface area contributed by atoms with Crippen LogP contribution >= 0.6 is 23.2 Å². The zero-order chi connectivity index (χ0) is 22.2. The molecule has 0 spiro atoms. The van der Waals surface area contributed by atoms with Crippen LogP contribution in [0.3, 0.4) is 0 Å². The van der Waals surface area contributed by atoms with Gasteiger partial charge in [-0.1, -0.05) is 41.4 Å². The third-order valence-corrected chi connectivity index (χ3v) is 6.52. The van der Waals surface area contributed by atoms with Crippen molar-refractivity contribution in [3.63, 3.8) is 0 Å². The smallest absolute Gasteiger partial charge is 0.340 e. The average Bonchev–Trinajstić information content (AvgIpc) is 3.50. The lowest BCUT2D eigenvalue weighted by Gasteiger charge is -2.35. The molecule has 5 nitrogen and oxygen atoms in total. The summed E-state index contributed by atoms with van der Waals surface area (Å²) in [7, 11) is 0. The van der Waals surface area contributed by atoms with E-state index in [9.17, 15) is 18.0 Å². The third kappa shape index (κ3) is 5.18. The van der Waals surface area contributed by atoms with Gasteiger partial charge in [0.15, 0.2) is 5.69 Å². The van der Waals surface area contributed by atoms with E-state index in [2.05, 4.69) is 10.00 Å². The highest BCUT2D eigenvalue weighted by Gasteiger charge is 2.42. The summed E-state index contributed by atoms with van der Waals surface area (Å²) in [5, 5.41) is 4.10. The van der Waals surface area contributed by atoms with E-state index in [-0.39, 0.29) is 29.8 Å². The van der Waals surface area contributed by atoms with Gasteiger partial charge in [-0.25, -0.2) is 0 Å². The molecule has 1 aromatic carbocycles. The van der Waals surface area contributed by atoms with E-state index < -0.39 is 11.9 Å². The normalized spacial score (nSPS) is 17.9. The number of piperazine rings is 1. The number of hydrogen-bond acceptors (Lipinski definition) is 3. The molecule has 31 heavy (non-hydrogen) atoms. The maximum Gasteiger partial charge on any atom is 0.436 e. The molecule has 168 valence electrons. The Balaban J connectivity index is 1.33. The number of aromatic nitrogens is 2. The molecular formula is C21H23Cl2F3N4O. The van der Waals surface area contributed by atoms with Crippen molar-refractivity contribution in [1.82, 2.24) is 19.6 Å². The van der Waals surface area contributed by atoms with Gasteiger partial charge in [0.05, 0.1) is 17.3 Å². The Labute approximate surface area is 188 Å². The van der Waals surface area contributed by atoms with E-state index in [1.54, 1.807) is 4.90 Å². The zero-order valence-electron chi connectivity index (χ0n) is 16.8. The Kier molecular flexibility index (Phi) is 6.51. The lowest BCUT2D eigenvalue weighted by Crippen LogP contribution is -2.48. The molecule has 0 radical (unpaired) electrons. The summed E-state index contributed by atoms with van der Waals surface area (Å²) >= 11 is 12.2. The van der Waals surface area contributed by atoms with Crippen molar-refractivity contribution in [2.45, 2.75) is 44.4 Å². The van der Waals surface area contributed by atoms with Gasteiger partial charge < -0.3 is 4.90 Å². The van der Waals surface area contributed by atoms with Crippen molar-refractivity contribution in [3.8, 4) is 0 Å². The summed E-state index contributed by atoms with van der Waals surface area (Å²) in [6.45, 7) is 3.41. The largest absolute Gasteiger partial charge is 0.436 e. The number of nitrogens with zero attached hydrogens (tertiary/aromatic N) is 4. The van der Waals surface area contributed by atoms with Crippen molar-refractivity contribution in [2.75, 3.05) is 26.2 Å². The van der Waals surface area contributed by atoms with E-state index in [0.717, 1.165) is 43.1 Å². The van der Waals surface area contributed by atoms with Gasteiger partial charge in [0.2, 0.25) is 5.91 Å². The van der Waals surface area contributed by atoms with Gasteiger partial charge in [-0.05, 0) is 24.5 Å². The highest BCUT2D eigenvalue weighted by molar-refractivity contribution is 6.32. The molecule has 2 aromatic rings. The minimum absolute atomic E-state index is 0.000410. The highest BCUT2D eigenvalue weighted by Crippen LogP contribution is 2.46. The molecule has 1 saturated heterocycles. The molecule has 4 rings (SSSR count). The minimum Gasteiger partial charge on any atom is -0.340 e. The summed E-state index contributed by atoms with van der Waals surface area (Å²) < 4.78 is 40.8. The van der Waals surface area contributed by atoms with Gasteiger partial charge in [-0.2, -0.15) is 18.3 Å². The second-order valence-corrected chi connectivity index (χ2v) is 8.83. The van der Waals surface area contributed by atoms with Gasteiger partial charge >= 0.3 is 6.18 Å². The Morgan fingerprint density at radius 3 is 2.39 bits per heavy atom. The predicted molar refractivity (Wildman–Crippen MR) is 112 cm³/mol. The van der Waals surface area contributed by atoms with Crippen LogP contribution < -0.4 is 0 Å². The lowest BCUT2D eigenvalue weighted by atomic mass is 10.2. The average molecular weight is 475 g/mol. The van der Waals surface area contributed by atoms with Crippen LogP contribution in [0.2, 0.25) is 10.0 Å². The summed E-state index contributed by atoms with van der Waals surface area (Å²) in [6.07, 6.45) is -2.92. The predicted octanol–water partition coefficient (Wildman–Crippen LogP) is 4.82. The number of aryl methyl sites for hydroxylation is 1. The van der Waals surface area contributed by atoms with Crippen molar-refractivity contribution >= 4 is 29.1 Å². The zero-order valence-corrected chi connectivity index (χ0v) is 18.3. The number of amides is 1. The fourth-order valence-electron chi connectivity index (χ4n) is 3.93. The van der Waals surface area contributed by atoms with E-state index >= 15 is 0 Å².